The minimum Gasteiger partial charge on any atom is -0.271 e. The maximum atomic E-state index is 14.1. The number of hydrogen-bond donors (Lipinski definition) is 2. The van der Waals surface area contributed by atoms with Crippen LogP contribution < -0.4 is 11.3 Å². The first kappa shape index (κ1) is 15.2. The fourth-order valence-electron chi connectivity index (χ4n) is 2.40. The van der Waals surface area contributed by atoms with Gasteiger partial charge in [-0.15, -0.1) is 0 Å². The van der Waals surface area contributed by atoms with Gasteiger partial charge in [-0.2, -0.15) is 0 Å². The van der Waals surface area contributed by atoms with Crippen LogP contribution in [0, 0.1) is 26.6 Å². The third-order valence-corrected chi connectivity index (χ3v) is 4.67. The monoisotopic (exact) mass is 336 g/mol. The van der Waals surface area contributed by atoms with Crippen molar-refractivity contribution in [2.24, 2.45) is 5.84 Å². The first-order valence-electron chi connectivity index (χ1n) is 6.43. The molecule has 0 aliphatic heterocycles. The summed E-state index contributed by atoms with van der Waals surface area (Å²) in [4.78, 5) is 0. The Hall–Kier alpha value is -1.23. The summed E-state index contributed by atoms with van der Waals surface area (Å²) in [5.41, 5.74) is 7.46. The van der Waals surface area contributed by atoms with Crippen LogP contribution in [0.5, 0.6) is 0 Å². The third kappa shape index (κ3) is 2.92. The lowest BCUT2D eigenvalue weighted by Crippen LogP contribution is -2.29. The molecule has 0 radical (unpaired) electrons. The number of rotatable bonds is 3. The molecule has 2 nitrogen and oxygen atoms in total. The maximum absolute atomic E-state index is 14.1. The Balaban J connectivity index is 2.55. The minimum absolute atomic E-state index is 0.253. The molecule has 2 rings (SSSR count). The Morgan fingerprint density at radius 3 is 2.25 bits per heavy atom. The molecule has 0 amide bonds. The summed E-state index contributed by atoms with van der Waals surface area (Å²) in [6, 6.07) is 8.73. The highest BCUT2D eigenvalue weighted by Crippen LogP contribution is 2.30. The van der Waals surface area contributed by atoms with Gasteiger partial charge < -0.3 is 0 Å². The Morgan fingerprint density at radius 1 is 1.10 bits per heavy atom. The number of nitrogens with one attached hydrogen (secondary N) is 1. The molecule has 0 saturated heterocycles. The lowest BCUT2D eigenvalue weighted by molar-refractivity contribution is 0.559. The fraction of sp³-hybridized carbons (Fsp3) is 0.250. The predicted octanol–water partition coefficient (Wildman–Crippen LogP) is 4.07. The van der Waals surface area contributed by atoms with Gasteiger partial charge in [0.05, 0.1) is 6.04 Å². The van der Waals surface area contributed by atoms with E-state index < -0.39 is 0 Å². The molecule has 0 aromatic heterocycles. The first-order chi connectivity index (χ1) is 9.43. The van der Waals surface area contributed by atoms with Crippen LogP contribution in [0.2, 0.25) is 0 Å². The van der Waals surface area contributed by atoms with Crippen molar-refractivity contribution in [1.29, 1.82) is 0 Å². The number of nitrogens with two attached hydrogens (primary N) is 1. The molecule has 0 heterocycles. The zero-order valence-electron chi connectivity index (χ0n) is 11.8. The number of benzene rings is 2. The van der Waals surface area contributed by atoms with E-state index >= 15 is 0 Å². The normalized spacial score (nSPS) is 12.5. The molecule has 2 aromatic rings. The summed E-state index contributed by atoms with van der Waals surface area (Å²) >= 11 is 3.54. The molecule has 0 aliphatic rings. The van der Waals surface area contributed by atoms with Crippen LogP contribution in [0.1, 0.15) is 33.9 Å². The Labute approximate surface area is 127 Å². The summed E-state index contributed by atoms with van der Waals surface area (Å²) < 4.78 is 15.1. The SMILES string of the molecule is Cc1ccc(F)c(C(NN)c2cc(C)c(Br)c(C)c2)c1. The van der Waals surface area contributed by atoms with Gasteiger partial charge in [-0.3, -0.25) is 5.84 Å². The van der Waals surface area contributed by atoms with E-state index in [1.807, 2.05) is 39.0 Å². The summed E-state index contributed by atoms with van der Waals surface area (Å²) in [6.45, 7) is 5.97. The van der Waals surface area contributed by atoms with E-state index in [4.69, 9.17) is 5.84 Å². The van der Waals surface area contributed by atoms with Crippen LogP contribution in [0.3, 0.4) is 0 Å². The Bertz CT molecular complexity index is 617. The van der Waals surface area contributed by atoms with Gasteiger partial charge in [-0.05, 0) is 43.5 Å². The molecule has 0 fully saturated rings. The Kier molecular flexibility index (Phi) is 4.58. The van der Waals surface area contributed by atoms with Crippen molar-refractivity contribution in [3.05, 3.63) is 68.4 Å². The van der Waals surface area contributed by atoms with Gasteiger partial charge in [-0.1, -0.05) is 45.8 Å². The molecule has 4 heteroatoms. The van der Waals surface area contributed by atoms with Gasteiger partial charge in [0.1, 0.15) is 5.82 Å². The van der Waals surface area contributed by atoms with Gasteiger partial charge in [0, 0.05) is 10.0 Å². The molecule has 2 aromatic carbocycles. The Morgan fingerprint density at radius 2 is 1.70 bits per heavy atom. The molecule has 1 unspecified atom stereocenters. The second-order valence-corrected chi connectivity index (χ2v) is 5.89. The average molecular weight is 337 g/mol. The van der Waals surface area contributed by atoms with Crippen LogP contribution in [0.15, 0.2) is 34.8 Å². The lowest BCUT2D eigenvalue weighted by atomic mass is 9.95. The smallest absolute Gasteiger partial charge is 0.128 e. The molecule has 0 aliphatic carbocycles. The molecular weight excluding hydrogens is 319 g/mol. The van der Waals surface area contributed by atoms with Gasteiger partial charge >= 0.3 is 0 Å². The van der Waals surface area contributed by atoms with Crippen molar-refractivity contribution in [2.45, 2.75) is 26.8 Å². The predicted molar refractivity (Wildman–Crippen MR) is 83.9 cm³/mol. The van der Waals surface area contributed by atoms with Crippen molar-refractivity contribution in [1.82, 2.24) is 5.43 Å². The van der Waals surface area contributed by atoms with Crippen LogP contribution >= 0.6 is 15.9 Å². The zero-order valence-corrected chi connectivity index (χ0v) is 13.4. The van der Waals surface area contributed by atoms with Crippen LogP contribution in [0.25, 0.3) is 0 Å². The van der Waals surface area contributed by atoms with E-state index in [1.165, 1.54) is 6.07 Å². The number of hydrogen-bond acceptors (Lipinski definition) is 2. The summed E-state index contributed by atoms with van der Waals surface area (Å²) in [7, 11) is 0. The molecule has 0 bridgehead atoms. The standard InChI is InChI=1S/C16H18BrFN2/c1-9-4-5-14(18)13(6-9)16(20-19)12-7-10(2)15(17)11(3)8-12/h4-8,16,20H,19H2,1-3H3. The van der Waals surface area contributed by atoms with E-state index in [0.717, 1.165) is 26.7 Å². The van der Waals surface area contributed by atoms with Crippen molar-refractivity contribution in [3.63, 3.8) is 0 Å². The first-order valence-corrected chi connectivity index (χ1v) is 7.22. The highest BCUT2D eigenvalue weighted by molar-refractivity contribution is 9.10. The quantitative estimate of drug-likeness (QED) is 0.655. The molecule has 0 saturated carbocycles. The molecule has 3 N–H and O–H groups in total. The lowest BCUT2D eigenvalue weighted by Gasteiger charge is -2.20. The highest BCUT2D eigenvalue weighted by Gasteiger charge is 2.18. The van der Waals surface area contributed by atoms with E-state index in [0.29, 0.717) is 5.56 Å². The van der Waals surface area contributed by atoms with Crippen molar-refractivity contribution < 1.29 is 4.39 Å². The maximum Gasteiger partial charge on any atom is 0.128 e. The molecule has 1 atom stereocenters. The van der Waals surface area contributed by atoms with Gasteiger partial charge in [0.25, 0.3) is 0 Å². The summed E-state index contributed by atoms with van der Waals surface area (Å²) in [6.07, 6.45) is 0. The number of aryl methyl sites for hydroxylation is 3. The van der Waals surface area contributed by atoms with E-state index in [9.17, 15) is 4.39 Å². The fourth-order valence-corrected chi connectivity index (χ4v) is 2.62. The zero-order chi connectivity index (χ0) is 14.9. The van der Waals surface area contributed by atoms with Crippen LogP contribution in [0.4, 0.5) is 4.39 Å². The topological polar surface area (TPSA) is 38.0 Å². The largest absolute Gasteiger partial charge is 0.271 e. The van der Waals surface area contributed by atoms with Crippen LogP contribution in [-0.4, -0.2) is 0 Å². The summed E-state index contributed by atoms with van der Waals surface area (Å²) in [5, 5.41) is 0. The minimum atomic E-state index is -0.361. The van der Waals surface area contributed by atoms with Crippen molar-refractivity contribution in [3.8, 4) is 0 Å². The molecule has 106 valence electrons. The number of hydrazine groups is 1. The molecule has 0 spiro atoms. The molecular formula is C16H18BrFN2. The third-order valence-electron chi connectivity index (χ3n) is 3.42. The van der Waals surface area contributed by atoms with Gasteiger partial charge in [0.2, 0.25) is 0 Å². The second-order valence-electron chi connectivity index (χ2n) is 5.09. The van der Waals surface area contributed by atoms with E-state index in [1.54, 1.807) is 6.07 Å². The van der Waals surface area contributed by atoms with E-state index in [2.05, 4.69) is 21.4 Å². The van der Waals surface area contributed by atoms with Crippen LogP contribution in [-0.2, 0) is 0 Å². The van der Waals surface area contributed by atoms with Gasteiger partial charge in [-0.25, -0.2) is 9.82 Å². The van der Waals surface area contributed by atoms with Crippen molar-refractivity contribution >= 4 is 15.9 Å². The second kappa shape index (κ2) is 6.04. The molecule has 20 heavy (non-hydrogen) atoms. The summed E-state index contributed by atoms with van der Waals surface area (Å²) in [5.74, 6) is 5.41. The van der Waals surface area contributed by atoms with Crippen molar-refractivity contribution in [2.75, 3.05) is 0 Å². The van der Waals surface area contributed by atoms with Gasteiger partial charge in [0.15, 0.2) is 0 Å². The number of halogens is 2. The van der Waals surface area contributed by atoms with E-state index in [-0.39, 0.29) is 11.9 Å². The average Bonchev–Trinajstić information content (AvgIpc) is 2.40. The highest BCUT2D eigenvalue weighted by atomic mass is 79.9.